The molecule has 5 rings (SSSR count). The number of aromatic amines is 1. The largest absolute Gasteiger partial charge is 0.335 e. The first-order valence-electron chi connectivity index (χ1n) is 12.6. The van der Waals surface area contributed by atoms with Crippen LogP contribution in [0.15, 0.2) is 53.6 Å². The van der Waals surface area contributed by atoms with Crippen molar-refractivity contribution < 1.29 is 0 Å². The van der Waals surface area contributed by atoms with E-state index in [0.29, 0.717) is 24.9 Å². The summed E-state index contributed by atoms with van der Waals surface area (Å²) in [6.45, 7) is 5.32. The zero-order chi connectivity index (χ0) is 25.6. The van der Waals surface area contributed by atoms with Crippen LogP contribution in [0.2, 0.25) is 0 Å². The van der Waals surface area contributed by atoms with E-state index in [1.54, 1.807) is 13.8 Å². The third-order valence-electron chi connectivity index (χ3n) is 6.27. The van der Waals surface area contributed by atoms with E-state index in [0.717, 1.165) is 60.2 Å². The molecule has 12 nitrogen and oxygen atoms in total. The molecule has 0 unspecified atom stereocenters. The number of aryl methyl sites for hydroxylation is 2. The minimum absolute atomic E-state index is 0.161. The van der Waals surface area contributed by atoms with Gasteiger partial charge >= 0.3 is 5.69 Å². The van der Waals surface area contributed by atoms with Crippen LogP contribution in [0.4, 0.5) is 0 Å². The Morgan fingerprint density at radius 2 is 1.78 bits per heavy atom. The van der Waals surface area contributed by atoms with Gasteiger partial charge in [0.25, 0.3) is 5.95 Å². The van der Waals surface area contributed by atoms with Crippen LogP contribution in [0.25, 0.3) is 28.6 Å². The van der Waals surface area contributed by atoms with Crippen LogP contribution in [0.5, 0.6) is 0 Å². The number of pyridine rings is 1. The molecule has 0 aliphatic carbocycles. The highest BCUT2D eigenvalue weighted by molar-refractivity contribution is 5.78. The Balaban J connectivity index is 1.45. The van der Waals surface area contributed by atoms with Crippen molar-refractivity contribution in [2.45, 2.75) is 59.0 Å². The molecule has 0 spiro atoms. The lowest BCUT2D eigenvalue weighted by atomic mass is 10.0. The standard InChI is InChI=1S/C25H29N11O/c1-3-5-9-19-17-35(24-29-32-33-36(24)14-6-4-2)25(37)34(19)16-18-12-13-22(26-15-18)20-10-7-8-11-21(20)23-27-30-31-28-23/h7-8,10-13,15,17H,3-6,9,14,16H2,1-2H3,(H,27,28,30,31). The van der Waals surface area contributed by atoms with Crippen LogP contribution in [0.3, 0.4) is 0 Å². The number of benzene rings is 1. The molecule has 1 aromatic carbocycles. The molecule has 0 saturated carbocycles. The highest BCUT2D eigenvalue weighted by Crippen LogP contribution is 2.28. The lowest BCUT2D eigenvalue weighted by Crippen LogP contribution is -2.26. The first-order chi connectivity index (χ1) is 18.2. The van der Waals surface area contributed by atoms with Crippen LogP contribution < -0.4 is 5.69 Å². The van der Waals surface area contributed by atoms with Gasteiger partial charge in [-0.2, -0.15) is 0 Å². The zero-order valence-electron chi connectivity index (χ0n) is 20.9. The maximum Gasteiger partial charge on any atom is 0.335 e. The van der Waals surface area contributed by atoms with E-state index >= 15 is 0 Å². The Hall–Kier alpha value is -4.48. The highest BCUT2D eigenvalue weighted by atomic mass is 16.2. The van der Waals surface area contributed by atoms with Crippen molar-refractivity contribution in [1.82, 2.24) is 54.9 Å². The Bertz CT molecular complexity index is 1500. The Morgan fingerprint density at radius 1 is 0.946 bits per heavy atom. The summed E-state index contributed by atoms with van der Waals surface area (Å²) in [6, 6.07) is 11.8. The van der Waals surface area contributed by atoms with E-state index in [2.05, 4.69) is 50.0 Å². The molecule has 0 amide bonds. The minimum Gasteiger partial charge on any atom is -0.291 e. The number of unbranched alkanes of at least 4 members (excludes halogenated alkanes) is 2. The molecule has 5 aromatic rings. The molecular formula is C25H29N11O. The van der Waals surface area contributed by atoms with E-state index in [4.69, 9.17) is 4.98 Å². The first-order valence-corrected chi connectivity index (χ1v) is 12.6. The molecule has 0 atom stereocenters. The summed E-state index contributed by atoms with van der Waals surface area (Å²) in [5.74, 6) is 1.03. The van der Waals surface area contributed by atoms with Gasteiger partial charge in [-0.25, -0.2) is 19.1 Å². The zero-order valence-corrected chi connectivity index (χ0v) is 20.9. The van der Waals surface area contributed by atoms with Gasteiger partial charge in [-0.05, 0) is 51.7 Å². The molecule has 1 N–H and O–H groups in total. The number of aromatic nitrogens is 11. The summed E-state index contributed by atoms with van der Waals surface area (Å²) in [5, 5.41) is 26.2. The Labute approximate surface area is 213 Å². The van der Waals surface area contributed by atoms with Crippen LogP contribution in [0, 0.1) is 0 Å². The number of imidazole rings is 1. The molecule has 0 radical (unpaired) electrons. The van der Waals surface area contributed by atoms with Crippen molar-refractivity contribution in [2.75, 3.05) is 0 Å². The van der Waals surface area contributed by atoms with Crippen molar-refractivity contribution in [1.29, 1.82) is 0 Å². The van der Waals surface area contributed by atoms with Crippen molar-refractivity contribution in [3.63, 3.8) is 0 Å². The smallest absolute Gasteiger partial charge is 0.291 e. The summed E-state index contributed by atoms with van der Waals surface area (Å²) in [4.78, 5) is 18.2. The molecule has 12 heteroatoms. The summed E-state index contributed by atoms with van der Waals surface area (Å²) >= 11 is 0. The summed E-state index contributed by atoms with van der Waals surface area (Å²) in [5.41, 5.74) is 4.28. The number of tetrazole rings is 2. The van der Waals surface area contributed by atoms with Gasteiger partial charge in [-0.1, -0.05) is 62.1 Å². The first kappa shape index (κ1) is 24.2. The number of rotatable bonds is 11. The van der Waals surface area contributed by atoms with Crippen molar-refractivity contribution in [3.05, 3.63) is 70.5 Å². The molecule has 0 bridgehead atoms. The van der Waals surface area contributed by atoms with Crippen LogP contribution in [-0.4, -0.2) is 54.9 Å². The fourth-order valence-electron chi connectivity index (χ4n) is 4.27. The number of nitrogens with zero attached hydrogens (tertiary/aromatic N) is 10. The van der Waals surface area contributed by atoms with Gasteiger partial charge < -0.3 is 0 Å². The number of hydrogen-bond donors (Lipinski definition) is 1. The van der Waals surface area contributed by atoms with Crippen molar-refractivity contribution in [3.8, 4) is 28.6 Å². The summed E-state index contributed by atoms with van der Waals surface area (Å²) in [7, 11) is 0. The van der Waals surface area contributed by atoms with Crippen LogP contribution in [-0.2, 0) is 19.5 Å². The lowest BCUT2D eigenvalue weighted by molar-refractivity contribution is 0.540. The van der Waals surface area contributed by atoms with E-state index in [1.165, 1.54) is 0 Å². The average molecular weight is 500 g/mol. The normalized spacial score (nSPS) is 11.3. The molecule has 4 heterocycles. The maximum absolute atomic E-state index is 13.5. The highest BCUT2D eigenvalue weighted by Gasteiger charge is 2.18. The lowest BCUT2D eigenvalue weighted by Gasteiger charge is -2.09. The third kappa shape index (κ3) is 5.08. The second kappa shape index (κ2) is 11.1. The third-order valence-corrected chi connectivity index (χ3v) is 6.27. The molecule has 0 fully saturated rings. The minimum atomic E-state index is -0.161. The van der Waals surface area contributed by atoms with Gasteiger partial charge in [0.05, 0.1) is 12.2 Å². The molecule has 190 valence electrons. The van der Waals surface area contributed by atoms with E-state index < -0.39 is 0 Å². The average Bonchev–Trinajstić information content (AvgIpc) is 3.69. The molecule has 0 aliphatic heterocycles. The fourth-order valence-corrected chi connectivity index (χ4v) is 4.27. The predicted octanol–water partition coefficient (Wildman–Crippen LogP) is 3.06. The van der Waals surface area contributed by atoms with Gasteiger partial charge in [0, 0.05) is 35.8 Å². The number of hydrogen-bond acceptors (Lipinski definition) is 8. The van der Waals surface area contributed by atoms with E-state index in [1.807, 2.05) is 48.8 Å². The second-order valence-corrected chi connectivity index (χ2v) is 8.87. The van der Waals surface area contributed by atoms with Crippen LogP contribution in [0.1, 0.15) is 50.8 Å². The SMILES string of the molecule is CCCCc1cn(-c2nnnn2CCCC)c(=O)n1Cc1ccc(-c2ccccc2-c2nnn[nH]2)nc1. The predicted molar refractivity (Wildman–Crippen MR) is 137 cm³/mol. The van der Waals surface area contributed by atoms with Gasteiger partial charge in [0.15, 0.2) is 5.82 Å². The molecule has 37 heavy (non-hydrogen) atoms. The molecule has 0 aliphatic rings. The fraction of sp³-hybridized carbons (Fsp3) is 0.360. The Morgan fingerprint density at radius 3 is 2.51 bits per heavy atom. The number of H-pyrrole nitrogens is 1. The van der Waals surface area contributed by atoms with Gasteiger partial charge in [-0.15, -0.1) is 5.10 Å². The van der Waals surface area contributed by atoms with E-state index in [9.17, 15) is 4.79 Å². The summed E-state index contributed by atoms with van der Waals surface area (Å²) in [6.07, 6.45) is 8.43. The summed E-state index contributed by atoms with van der Waals surface area (Å²) < 4.78 is 5.04. The Kier molecular flexibility index (Phi) is 7.24. The van der Waals surface area contributed by atoms with E-state index in [-0.39, 0.29) is 5.69 Å². The number of nitrogens with one attached hydrogen (secondary N) is 1. The molecular weight excluding hydrogens is 470 g/mol. The van der Waals surface area contributed by atoms with Gasteiger partial charge in [0.1, 0.15) is 0 Å². The van der Waals surface area contributed by atoms with Crippen molar-refractivity contribution in [2.24, 2.45) is 0 Å². The quantitative estimate of drug-likeness (QED) is 0.293. The molecule has 0 saturated heterocycles. The monoisotopic (exact) mass is 499 g/mol. The van der Waals surface area contributed by atoms with Crippen molar-refractivity contribution >= 4 is 0 Å². The second-order valence-electron chi connectivity index (χ2n) is 8.87. The van der Waals surface area contributed by atoms with Crippen LogP contribution >= 0.6 is 0 Å². The topological polar surface area (TPSA) is 138 Å². The maximum atomic E-state index is 13.5. The van der Waals surface area contributed by atoms with Gasteiger partial charge in [-0.3, -0.25) is 9.55 Å². The van der Waals surface area contributed by atoms with Gasteiger partial charge in [0.2, 0.25) is 0 Å². The molecule has 4 aromatic heterocycles.